The average molecular weight is 310 g/mol. The van der Waals surface area contributed by atoms with Crippen LogP contribution >= 0.6 is 0 Å². The first kappa shape index (κ1) is 15.0. The molecule has 116 valence electrons. The molecule has 1 aliphatic heterocycles. The van der Waals surface area contributed by atoms with Crippen molar-refractivity contribution in [2.75, 3.05) is 18.4 Å². The molecule has 0 radical (unpaired) electrons. The van der Waals surface area contributed by atoms with Gasteiger partial charge < -0.3 is 10.2 Å². The lowest BCUT2D eigenvalue weighted by atomic mass is 10.2. The molecule has 1 aromatic heterocycles. The number of hydrogen-bond acceptors (Lipinski definition) is 4. The number of nitrogens with zero attached hydrogens (tertiary/aromatic N) is 3. The molecule has 2 heterocycles. The predicted molar refractivity (Wildman–Crippen MR) is 84.3 cm³/mol. The molecule has 0 spiro atoms. The van der Waals surface area contributed by atoms with Gasteiger partial charge in [-0.3, -0.25) is 4.79 Å². The van der Waals surface area contributed by atoms with Gasteiger partial charge in [-0.05, 0) is 18.6 Å². The number of amides is 1. The van der Waals surface area contributed by atoms with Crippen molar-refractivity contribution in [1.82, 2.24) is 14.9 Å². The molecule has 1 amide bonds. The van der Waals surface area contributed by atoms with E-state index < -0.39 is 5.82 Å². The maximum atomic E-state index is 13.7. The molecule has 1 aromatic carbocycles. The van der Waals surface area contributed by atoms with Gasteiger partial charge in [-0.1, -0.05) is 18.1 Å². The number of terminal acetylenes is 1. The van der Waals surface area contributed by atoms with Crippen molar-refractivity contribution in [1.29, 1.82) is 0 Å². The maximum absolute atomic E-state index is 13.7. The maximum Gasteiger partial charge on any atom is 0.256 e. The van der Waals surface area contributed by atoms with E-state index in [0.29, 0.717) is 24.6 Å². The monoisotopic (exact) mass is 310 g/mol. The number of halogens is 1. The molecule has 2 aromatic rings. The third-order valence-corrected chi connectivity index (χ3v) is 3.73. The number of aromatic nitrogens is 2. The van der Waals surface area contributed by atoms with Gasteiger partial charge in [0, 0.05) is 31.5 Å². The van der Waals surface area contributed by atoms with E-state index in [1.165, 1.54) is 12.1 Å². The van der Waals surface area contributed by atoms with E-state index in [1.807, 2.05) is 0 Å². The second-order valence-corrected chi connectivity index (χ2v) is 5.30. The molecular weight excluding hydrogens is 295 g/mol. The Morgan fingerprint density at radius 1 is 1.35 bits per heavy atom. The van der Waals surface area contributed by atoms with Crippen LogP contribution in [0.5, 0.6) is 0 Å². The number of likely N-dealkylation sites (tertiary alicyclic amines) is 1. The highest BCUT2D eigenvalue weighted by Crippen LogP contribution is 2.17. The minimum absolute atomic E-state index is 0.0300. The zero-order valence-electron chi connectivity index (χ0n) is 12.4. The lowest BCUT2D eigenvalue weighted by Crippen LogP contribution is -2.32. The number of hydrogen-bond donors (Lipinski definition) is 1. The largest absolute Gasteiger partial charge is 0.350 e. The molecule has 1 atom stereocenters. The molecule has 3 rings (SSSR count). The molecule has 1 N–H and O–H groups in total. The summed E-state index contributed by atoms with van der Waals surface area (Å²) in [6, 6.07) is 6.04. The number of carbonyl (C=O) groups is 1. The molecule has 6 heteroatoms. The minimum atomic E-state index is -0.498. The van der Waals surface area contributed by atoms with E-state index in [4.69, 9.17) is 6.42 Å². The van der Waals surface area contributed by atoms with Crippen molar-refractivity contribution in [3.63, 3.8) is 0 Å². The fraction of sp³-hybridized carbons (Fsp3) is 0.235. The molecular formula is C17H15FN4O. The van der Waals surface area contributed by atoms with Gasteiger partial charge in [0.2, 0.25) is 5.95 Å². The van der Waals surface area contributed by atoms with E-state index >= 15 is 0 Å². The summed E-state index contributed by atoms with van der Waals surface area (Å²) in [7, 11) is 0. The highest BCUT2D eigenvalue weighted by atomic mass is 19.1. The minimum Gasteiger partial charge on any atom is -0.350 e. The third-order valence-electron chi connectivity index (χ3n) is 3.73. The molecule has 1 saturated heterocycles. The lowest BCUT2D eigenvalue weighted by Gasteiger charge is -2.17. The standard InChI is InChI=1S/C17H15FN4O/c1-2-12-9-19-17(20-10-12)21-13-7-8-22(11-13)16(23)14-5-3-4-6-15(14)18/h1,3-6,9-10,13H,7-8,11H2,(H,19,20,21). The van der Waals surface area contributed by atoms with E-state index in [1.54, 1.807) is 29.4 Å². The Morgan fingerprint density at radius 3 is 2.78 bits per heavy atom. The summed E-state index contributed by atoms with van der Waals surface area (Å²) in [4.78, 5) is 22.2. The molecule has 1 unspecified atom stereocenters. The van der Waals surface area contributed by atoms with Crippen molar-refractivity contribution in [3.05, 3.63) is 53.6 Å². The first-order valence-electron chi connectivity index (χ1n) is 7.26. The van der Waals surface area contributed by atoms with E-state index in [2.05, 4.69) is 21.2 Å². The second-order valence-electron chi connectivity index (χ2n) is 5.30. The van der Waals surface area contributed by atoms with Gasteiger partial charge >= 0.3 is 0 Å². The van der Waals surface area contributed by atoms with Gasteiger partial charge in [0.05, 0.1) is 11.1 Å². The fourth-order valence-electron chi connectivity index (χ4n) is 2.53. The van der Waals surface area contributed by atoms with E-state index in [0.717, 1.165) is 6.42 Å². The van der Waals surface area contributed by atoms with Crippen LogP contribution in [0.15, 0.2) is 36.7 Å². The van der Waals surface area contributed by atoms with Crippen LogP contribution in [0.25, 0.3) is 0 Å². The van der Waals surface area contributed by atoms with Crippen molar-refractivity contribution >= 4 is 11.9 Å². The SMILES string of the molecule is C#Cc1cnc(NC2CCN(C(=O)c3ccccc3F)C2)nc1. The van der Waals surface area contributed by atoms with Crippen LogP contribution in [0.2, 0.25) is 0 Å². The van der Waals surface area contributed by atoms with Gasteiger partial charge in [-0.15, -0.1) is 6.42 Å². The van der Waals surface area contributed by atoms with Crippen LogP contribution in [0.1, 0.15) is 22.3 Å². The molecule has 0 bridgehead atoms. The molecule has 1 fully saturated rings. The van der Waals surface area contributed by atoms with E-state index in [9.17, 15) is 9.18 Å². The van der Waals surface area contributed by atoms with Gasteiger partial charge in [-0.2, -0.15) is 0 Å². The summed E-state index contributed by atoms with van der Waals surface area (Å²) in [5.41, 5.74) is 0.709. The summed E-state index contributed by atoms with van der Waals surface area (Å²) in [5.74, 6) is 2.13. The van der Waals surface area contributed by atoms with Crippen molar-refractivity contribution in [3.8, 4) is 12.3 Å². The number of benzene rings is 1. The summed E-state index contributed by atoms with van der Waals surface area (Å²) < 4.78 is 13.7. The zero-order chi connectivity index (χ0) is 16.2. The van der Waals surface area contributed by atoms with Gasteiger partial charge in [0.25, 0.3) is 5.91 Å². The number of carbonyl (C=O) groups excluding carboxylic acids is 1. The van der Waals surface area contributed by atoms with Crippen molar-refractivity contribution in [2.45, 2.75) is 12.5 Å². The summed E-state index contributed by atoms with van der Waals surface area (Å²) in [6.07, 6.45) is 9.13. The van der Waals surface area contributed by atoms with Gasteiger partial charge in [0.15, 0.2) is 0 Å². The summed E-state index contributed by atoms with van der Waals surface area (Å²) in [5, 5.41) is 3.16. The Morgan fingerprint density at radius 2 is 2.09 bits per heavy atom. The molecule has 0 saturated carbocycles. The van der Waals surface area contributed by atoms with Gasteiger partial charge in [0.1, 0.15) is 5.82 Å². The lowest BCUT2D eigenvalue weighted by molar-refractivity contribution is 0.0787. The first-order valence-corrected chi connectivity index (χ1v) is 7.26. The second kappa shape index (κ2) is 6.44. The van der Waals surface area contributed by atoms with Crippen LogP contribution in [0.4, 0.5) is 10.3 Å². The van der Waals surface area contributed by atoms with Gasteiger partial charge in [-0.25, -0.2) is 14.4 Å². The zero-order valence-corrected chi connectivity index (χ0v) is 12.4. The quantitative estimate of drug-likeness (QED) is 0.880. The number of rotatable bonds is 3. The Hall–Kier alpha value is -2.94. The van der Waals surface area contributed by atoms with Crippen LogP contribution in [-0.4, -0.2) is 39.9 Å². The predicted octanol–water partition coefficient (Wildman–Crippen LogP) is 1.92. The highest BCUT2D eigenvalue weighted by Gasteiger charge is 2.28. The van der Waals surface area contributed by atoms with Crippen LogP contribution in [0, 0.1) is 18.2 Å². The van der Waals surface area contributed by atoms with Crippen LogP contribution < -0.4 is 5.32 Å². The molecule has 23 heavy (non-hydrogen) atoms. The molecule has 0 aliphatic carbocycles. The topological polar surface area (TPSA) is 58.1 Å². The first-order chi connectivity index (χ1) is 11.2. The fourth-order valence-corrected chi connectivity index (χ4v) is 2.53. The van der Waals surface area contributed by atoms with E-state index in [-0.39, 0.29) is 17.5 Å². The highest BCUT2D eigenvalue weighted by molar-refractivity contribution is 5.94. The van der Waals surface area contributed by atoms with Crippen molar-refractivity contribution < 1.29 is 9.18 Å². The molecule has 1 aliphatic rings. The summed E-state index contributed by atoms with van der Waals surface area (Å²) >= 11 is 0. The normalized spacial score (nSPS) is 16.9. The molecule has 5 nitrogen and oxygen atoms in total. The smallest absolute Gasteiger partial charge is 0.256 e. The van der Waals surface area contributed by atoms with Crippen LogP contribution in [0.3, 0.4) is 0 Å². The number of nitrogens with one attached hydrogen (secondary N) is 1. The number of anilines is 1. The van der Waals surface area contributed by atoms with Crippen LogP contribution in [-0.2, 0) is 0 Å². The Labute approximate surface area is 133 Å². The Balaban J connectivity index is 1.63. The summed E-state index contributed by atoms with van der Waals surface area (Å²) in [6.45, 7) is 1.04. The third kappa shape index (κ3) is 3.29. The Kier molecular flexibility index (Phi) is 4.20. The van der Waals surface area contributed by atoms with Crippen molar-refractivity contribution in [2.24, 2.45) is 0 Å². The average Bonchev–Trinajstić information content (AvgIpc) is 3.04. The Bertz CT molecular complexity index is 754.